The second-order valence-electron chi connectivity index (χ2n) is 2.78. The van der Waals surface area contributed by atoms with Crippen molar-refractivity contribution < 1.29 is 4.84 Å². The Morgan fingerprint density at radius 1 is 1.43 bits per heavy atom. The van der Waals surface area contributed by atoms with Gasteiger partial charge in [-0.25, -0.2) is 0 Å². The van der Waals surface area contributed by atoms with Gasteiger partial charge in [-0.2, -0.15) is 5.26 Å². The van der Waals surface area contributed by atoms with E-state index in [4.69, 9.17) is 10.1 Å². The third-order valence-electron chi connectivity index (χ3n) is 1.70. The monoisotopic (exact) mass is 188 g/mol. The Labute approximate surface area is 83.6 Å². The molecule has 0 aliphatic rings. The van der Waals surface area contributed by atoms with Gasteiger partial charge in [-0.3, -0.25) is 0 Å². The smallest absolute Gasteiger partial charge is 0.130 e. The summed E-state index contributed by atoms with van der Waals surface area (Å²) in [5.41, 5.74) is 1.85. The van der Waals surface area contributed by atoms with Crippen LogP contribution in [0, 0.1) is 11.3 Å². The van der Waals surface area contributed by atoms with Gasteiger partial charge in [0.1, 0.15) is 6.61 Å². The van der Waals surface area contributed by atoms with Gasteiger partial charge in [0.25, 0.3) is 0 Å². The van der Waals surface area contributed by atoms with Crippen molar-refractivity contribution in [2.45, 2.75) is 13.3 Å². The van der Waals surface area contributed by atoms with Crippen molar-refractivity contribution in [3.05, 3.63) is 35.9 Å². The lowest BCUT2D eigenvalue weighted by atomic mass is 10.1. The van der Waals surface area contributed by atoms with Crippen molar-refractivity contribution in [3.63, 3.8) is 0 Å². The van der Waals surface area contributed by atoms with Gasteiger partial charge in [0.05, 0.1) is 18.2 Å². The molecule has 0 bridgehead atoms. The first kappa shape index (κ1) is 10.3. The molecule has 0 aliphatic heterocycles. The molecule has 0 saturated heterocycles. The molecule has 1 aromatic carbocycles. The summed E-state index contributed by atoms with van der Waals surface area (Å²) >= 11 is 0. The number of hydrogen-bond acceptors (Lipinski definition) is 3. The van der Waals surface area contributed by atoms with Crippen LogP contribution in [0.5, 0.6) is 0 Å². The maximum Gasteiger partial charge on any atom is 0.130 e. The van der Waals surface area contributed by atoms with Crippen LogP contribution >= 0.6 is 0 Å². The second kappa shape index (κ2) is 5.76. The highest BCUT2D eigenvalue weighted by Gasteiger charge is 1.95. The van der Waals surface area contributed by atoms with Crippen molar-refractivity contribution in [2.75, 3.05) is 6.61 Å². The maximum absolute atomic E-state index is 8.27. The Kier molecular flexibility index (Phi) is 4.22. The van der Waals surface area contributed by atoms with Crippen molar-refractivity contribution in [3.8, 4) is 6.07 Å². The molecular weight excluding hydrogens is 176 g/mol. The van der Waals surface area contributed by atoms with Crippen LogP contribution in [0.15, 0.2) is 35.5 Å². The van der Waals surface area contributed by atoms with Gasteiger partial charge in [0, 0.05) is 0 Å². The number of benzene rings is 1. The molecule has 0 amide bonds. The number of nitriles is 1. The number of hydrogen-bond donors (Lipinski definition) is 0. The van der Waals surface area contributed by atoms with E-state index in [1.54, 1.807) is 0 Å². The van der Waals surface area contributed by atoms with E-state index >= 15 is 0 Å². The predicted octanol–water partition coefficient (Wildman–Crippen LogP) is 2.34. The molecule has 3 nitrogen and oxygen atoms in total. The zero-order chi connectivity index (χ0) is 10.2. The molecule has 0 heterocycles. The average molecular weight is 188 g/mol. The molecule has 1 aromatic rings. The van der Waals surface area contributed by atoms with Crippen molar-refractivity contribution in [1.82, 2.24) is 0 Å². The lowest BCUT2D eigenvalue weighted by Gasteiger charge is -1.99. The summed E-state index contributed by atoms with van der Waals surface area (Å²) in [6.07, 6.45) is 0.367. The van der Waals surface area contributed by atoms with Crippen LogP contribution in [0.1, 0.15) is 18.9 Å². The molecule has 1 rings (SSSR count). The number of oxime groups is 1. The zero-order valence-electron chi connectivity index (χ0n) is 8.10. The maximum atomic E-state index is 8.27. The van der Waals surface area contributed by atoms with Gasteiger partial charge in [-0.1, -0.05) is 35.5 Å². The molecule has 0 saturated carbocycles. The van der Waals surface area contributed by atoms with E-state index in [0.717, 1.165) is 11.3 Å². The highest BCUT2D eigenvalue weighted by atomic mass is 16.6. The Morgan fingerprint density at radius 2 is 2.14 bits per heavy atom. The summed E-state index contributed by atoms with van der Waals surface area (Å²) in [6.45, 7) is 2.22. The Hall–Kier alpha value is -1.82. The molecule has 14 heavy (non-hydrogen) atoms. The Bertz CT molecular complexity index is 338. The van der Waals surface area contributed by atoms with Crippen LogP contribution in [0.2, 0.25) is 0 Å². The zero-order valence-corrected chi connectivity index (χ0v) is 8.10. The second-order valence-corrected chi connectivity index (χ2v) is 2.78. The van der Waals surface area contributed by atoms with E-state index < -0.39 is 0 Å². The van der Waals surface area contributed by atoms with Crippen LogP contribution in [-0.4, -0.2) is 12.3 Å². The third kappa shape index (κ3) is 3.28. The fraction of sp³-hybridized carbons (Fsp3) is 0.273. The quantitative estimate of drug-likeness (QED) is 0.413. The summed E-state index contributed by atoms with van der Waals surface area (Å²) in [7, 11) is 0. The van der Waals surface area contributed by atoms with E-state index in [2.05, 4.69) is 5.16 Å². The molecule has 0 atom stereocenters. The van der Waals surface area contributed by atoms with Crippen LogP contribution < -0.4 is 0 Å². The molecular formula is C11H12N2O. The van der Waals surface area contributed by atoms with Gasteiger partial charge >= 0.3 is 0 Å². The van der Waals surface area contributed by atoms with Crippen LogP contribution in [0.25, 0.3) is 0 Å². The summed E-state index contributed by atoms with van der Waals surface area (Å²) in [4.78, 5) is 4.96. The molecule has 0 N–H and O–H groups in total. The van der Waals surface area contributed by atoms with Gasteiger partial charge < -0.3 is 4.84 Å². The predicted molar refractivity (Wildman–Crippen MR) is 54.8 cm³/mol. The third-order valence-corrected chi connectivity index (χ3v) is 1.70. The molecule has 0 aromatic heterocycles. The molecule has 72 valence electrons. The van der Waals surface area contributed by atoms with Gasteiger partial charge in [-0.15, -0.1) is 0 Å². The van der Waals surface area contributed by atoms with Gasteiger partial charge in [0.15, 0.2) is 0 Å². The minimum atomic E-state index is 0.348. The minimum Gasteiger partial charge on any atom is -0.394 e. The first-order valence-electron chi connectivity index (χ1n) is 4.43. The van der Waals surface area contributed by atoms with Crippen molar-refractivity contribution in [2.24, 2.45) is 5.16 Å². The highest BCUT2D eigenvalue weighted by Crippen LogP contribution is 2.00. The molecule has 0 fully saturated rings. The Balaban J connectivity index is 2.49. The van der Waals surface area contributed by atoms with Crippen LogP contribution in [0.4, 0.5) is 0 Å². The number of nitrogens with zero attached hydrogens (tertiary/aromatic N) is 2. The SMILES string of the molecule is CC(=NOCCC#N)c1ccccc1. The van der Waals surface area contributed by atoms with Gasteiger partial charge in [-0.05, 0) is 12.5 Å². The van der Waals surface area contributed by atoms with Crippen molar-refractivity contribution in [1.29, 1.82) is 5.26 Å². The lowest BCUT2D eigenvalue weighted by Crippen LogP contribution is -1.96. The average Bonchev–Trinajstić information content (AvgIpc) is 2.25. The molecule has 0 unspecified atom stereocenters. The van der Waals surface area contributed by atoms with E-state index in [9.17, 15) is 0 Å². The normalized spacial score (nSPS) is 10.7. The first-order chi connectivity index (χ1) is 6.84. The lowest BCUT2D eigenvalue weighted by molar-refractivity contribution is 0.150. The van der Waals surface area contributed by atoms with E-state index in [0.29, 0.717) is 13.0 Å². The van der Waals surface area contributed by atoms with Crippen LogP contribution in [-0.2, 0) is 4.84 Å². The molecule has 0 spiro atoms. The summed E-state index contributed by atoms with van der Waals surface area (Å²) in [5.74, 6) is 0. The topological polar surface area (TPSA) is 45.4 Å². The van der Waals surface area contributed by atoms with E-state index in [-0.39, 0.29) is 0 Å². The largest absolute Gasteiger partial charge is 0.394 e. The molecule has 0 radical (unpaired) electrons. The molecule has 0 aliphatic carbocycles. The Morgan fingerprint density at radius 3 is 2.79 bits per heavy atom. The molecule has 3 heteroatoms. The minimum absolute atomic E-state index is 0.348. The standard InChI is InChI=1S/C11H12N2O/c1-10(13-14-9-5-8-12)11-6-3-2-4-7-11/h2-4,6-7H,5,9H2,1H3. The summed E-state index contributed by atoms with van der Waals surface area (Å²) in [5, 5.41) is 12.2. The summed E-state index contributed by atoms with van der Waals surface area (Å²) < 4.78 is 0. The van der Waals surface area contributed by atoms with Gasteiger partial charge in [0.2, 0.25) is 0 Å². The van der Waals surface area contributed by atoms with Crippen molar-refractivity contribution >= 4 is 5.71 Å². The fourth-order valence-corrected chi connectivity index (χ4v) is 0.966. The summed E-state index contributed by atoms with van der Waals surface area (Å²) in [6, 6.07) is 11.8. The first-order valence-corrected chi connectivity index (χ1v) is 4.43. The highest BCUT2D eigenvalue weighted by molar-refractivity contribution is 5.98. The van der Waals surface area contributed by atoms with Crippen LogP contribution in [0.3, 0.4) is 0 Å². The van der Waals surface area contributed by atoms with E-state index in [1.165, 1.54) is 0 Å². The van der Waals surface area contributed by atoms with E-state index in [1.807, 2.05) is 43.3 Å². The number of rotatable bonds is 4. The fourth-order valence-electron chi connectivity index (χ4n) is 0.966.